The van der Waals surface area contributed by atoms with Crippen LogP contribution in [0.4, 0.5) is 0 Å². The Morgan fingerprint density at radius 1 is 1.10 bits per heavy atom. The van der Waals surface area contributed by atoms with Crippen molar-refractivity contribution in [1.29, 1.82) is 0 Å². The first kappa shape index (κ1) is 17.4. The van der Waals surface area contributed by atoms with E-state index in [1.54, 1.807) is 4.90 Å². The van der Waals surface area contributed by atoms with Crippen molar-refractivity contribution in [2.75, 3.05) is 45.8 Å². The summed E-state index contributed by atoms with van der Waals surface area (Å²) in [6, 6.07) is 0. The first-order valence-electron chi connectivity index (χ1n) is 7.11. The SMILES string of the molecule is CCCN(CCC)S(=O)(=O)N1CCN(CC(=O)O)CC1. The van der Waals surface area contributed by atoms with E-state index in [4.69, 9.17) is 5.11 Å². The maximum absolute atomic E-state index is 12.5. The van der Waals surface area contributed by atoms with Gasteiger partial charge < -0.3 is 5.11 Å². The Morgan fingerprint density at radius 2 is 1.60 bits per heavy atom. The van der Waals surface area contributed by atoms with E-state index in [0.717, 1.165) is 12.8 Å². The number of piperazine rings is 1. The average molecular weight is 307 g/mol. The number of carboxylic acids is 1. The molecule has 1 N–H and O–H groups in total. The van der Waals surface area contributed by atoms with E-state index < -0.39 is 16.2 Å². The second-order valence-electron chi connectivity index (χ2n) is 4.98. The van der Waals surface area contributed by atoms with Gasteiger partial charge in [0.2, 0.25) is 0 Å². The zero-order valence-electron chi connectivity index (χ0n) is 12.3. The Hall–Kier alpha value is -0.700. The van der Waals surface area contributed by atoms with Crippen LogP contribution >= 0.6 is 0 Å². The third-order valence-corrected chi connectivity index (χ3v) is 5.32. The number of hydrogen-bond acceptors (Lipinski definition) is 4. The minimum Gasteiger partial charge on any atom is -0.480 e. The molecule has 118 valence electrons. The molecule has 8 heteroatoms. The maximum atomic E-state index is 12.5. The monoisotopic (exact) mass is 307 g/mol. The Kier molecular flexibility index (Phi) is 6.87. The molecular weight excluding hydrogens is 282 g/mol. The summed E-state index contributed by atoms with van der Waals surface area (Å²) in [6.07, 6.45) is 1.58. The van der Waals surface area contributed by atoms with Crippen LogP contribution in [0, 0.1) is 0 Å². The van der Waals surface area contributed by atoms with Crippen molar-refractivity contribution in [3.8, 4) is 0 Å². The van der Waals surface area contributed by atoms with Gasteiger partial charge >= 0.3 is 5.97 Å². The van der Waals surface area contributed by atoms with Crippen molar-refractivity contribution in [2.45, 2.75) is 26.7 Å². The van der Waals surface area contributed by atoms with Crippen LogP contribution in [0.5, 0.6) is 0 Å². The van der Waals surface area contributed by atoms with Crippen molar-refractivity contribution >= 4 is 16.2 Å². The van der Waals surface area contributed by atoms with Gasteiger partial charge in [-0.15, -0.1) is 0 Å². The van der Waals surface area contributed by atoms with Gasteiger partial charge in [0.15, 0.2) is 0 Å². The second kappa shape index (κ2) is 7.92. The third kappa shape index (κ3) is 4.69. The van der Waals surface area contributed by atoms with Gasteiger partial charge in [-0.1, -0.05) is 13.8 Å². The van der Waals surface area contributed by atoms with Crippen molar-refractivity contribution in [2.24, 2.45) is 0 Å². The molecule has 0 aliphatic carbocycles. The zero-order valence-corrected chi connectivity index (χ0v) is 13.1. The van der Waals surface area contributed by atoms with Crippen LogP contribution < -0.4 is 0 Å². The number of hydrogen-bond donors (Lipinski definition) is 1. The standard InChI is InChI=1S/C12H25N3O4S/c1-3-5-14(6-4-2)20(18,19)15-9-7-13(8-10-15)11-12(16)17/h3-11H2,1-2H3,(H,16,17). The van der Waals surface area contributed by atoms with Crippen LogP contribution in [0.1, 0.15) is 26.7 Å². The van der Waals surface area contributed by atoms with Gasteiger partial charge in [0.25, 0.3) is 10.2 Å². The first-order valence-corrected chi connectivity index (χ1v) is 8.50. The molecule has 20 heavy (non-hydrogen) atoms. The summed E-state index contributed by atoms with van der Waals surface area (Å²) in [4.78, 5) is 12.4. The molecular formula is C12H25N3O4S. The largest absolute Gasteiger partial charge is 0.480 e. The summed E-state index contributed by atoms with van der Waals surface area (Å²) in [6.45, 7) is 6.62. The highest BCUT2D eigenvalue weighted by molar-refractivity contribution is 7.86. The molecule has 0 radical (unpaired) electrons. The van der Waals surface area contributed by atoms with E-state index in [1.165, 1.54) is 8.61 Å². The van der Waals surface area contributed by atoms with E-state index >= 15 is 0 Å². The number of carbonyl (C=O) groups is 1. The smallest absolute Gasteiger partial charge is 0.317 e. The van der Waals surface area contributed by atoms with Gasteiger partial charge in [0, 0.05) is 39.3 Å². The van der Waals surface area contributed by atoms with Crippen LogP contribution in [-0.2, 0) is 15.0 Å². The normalized spacial score (nSPS) is 18.6. The predicted molar refractivity (Wildman–Crippen MR) is 76.7 cm³/mol. The van der Waals surface area contributed by atoms with E-state index in [1.807, 2.05) is 13.8 Å². The minimum atomic E-state index is -3.41. The molecule has 0 aromatic carbocycles. The molecule has 0 saturated carbocycles. The summed E-state index contributed by atoms with van der Waals surface area (Å²) in [5, 5.41) is 8.74. The Bertz CT molecular complexity index is 399. The zero-order chi connectivity index (χ0) is 15.2. The van der Waals surface area contributed by atoms with E-state index in [2.05, 4.69) is 0 Å². The molecule has 1 fully saturated rings. The number of nitrogens with zero attached hydrogens (tertiary/aromatic N) is 3. The molecule has 0 atom stereocenters. The van der Waals surface area contributed by atoms with Crippen LogP contribution in [0.2, 0.25) is 0 Å². The maximum Gasteiger partial charge on any atom is 0.317 e. The van der Waals surface area contributed by atoms with Gasteiger partial charge in [0.05, 0.1) is 6.54 Å². The highest BCUT2D eigenvalue weighted by atomic mass is 32.2. The minimum absolute atomic E-state index is 0.0263. The molecule has 0 amide bonds. The number of rotatable bonds is 8. The molecule has 0 unspecified atom stereocenters. The van der Waals surface area contributed by atoms with E-state index in [0.29, 0.717) is 39.3 Å². The van der Waals surface area contributed by atoms with Gasteiger partial charge in [-0.25, -0.2) is 0 Å². The number of aliphatic carboxylic acids is 1. The Labute approximate surface area is 121 Å². The van der Waals surface area contributed by atoms with Gasteiger partial charge in [-0.2, -0.15) is 17.0 Å². The van der Waals surface area contributed by atoms with Crippen molar-refractivity contribution < 1.29 is 18.3 Å². The molecule has 1 saturated heterocycles. The third-order valence-electron chi connectivity index (χ3n) is 3.29. The first-order chi connectivity index (χ1) is 9.41. The van der Waals surface area contributed by atoms with Crippen molar-refractivity contribution in [3.05, 3.63) is 0 Å². The van der Waals surface area contributed by atoms with Gasteiger partial charge in [-0.3, -0.25) is 9.69 Å². The van der Waals surface area contributed by atoms with Gasteiger partial charge in [-0.05, 0) is 12.8 Å². The lowest BCUT2D eigenvalue weighted by molar-refractivity contribution is -0.138. The Balaban J connectivity index is 2.63. The van der Waals surface area contributed by atoms with E-state index in [-0.39, 0.29) is 6.54 Å². The highest BCUT2D eigenvalue weighted by Crippen LogP contribution is 2.13. The van der Waals surface area contributed by atoms with Crippen LogP contribution in [0.25, 0.3) is 0 Å². The molecule has 1 aliphatic rings. The molecule has 7 nitrogen and oxygen atoms in total. The fraction of sp³-hybridized carbons (Fsp3) is 0.917. The van der Waals surface area contributed by atoms with Crippen LogP contribution in [-0.4, -0.2) is 78.8 Å². The second-order valence-corrected chi connectivity index (χ2v) is 6.90. The number of carboxylic acid groups (broad SMARTS) is 1. The quantitative estimate of drug-likeness (QED) is 0.685. The van der Waals surface area contributed by atoms with Crippen LogP contribution in [0.3, 0.4) is 0 Å². The Morgan fingerprint density at radius 3 is 2.00 bits per heavy atom. The summed E-state index contributed by atoms with van der Waals surface area (Å²) in [7, 11) is -3.41. The van der Waals surface area contributed by atoms with Gasteiger partial charge in [0.1, 0.15) is 0 Å². The topological polar surface area (TPSA) is 81.2 Å². The molecule has 1 aliphatic heterocycles. The molecule has 0 bridgehead atoms. The predicted octanol–water partition coefficient (Wildman–Crippen LogP) is 0.0554. The highest BCUT2D eigenvalue weighted by Gasteiger charge is 2.31. The van der Waals surface area contributed by atoms with Crippen molar-refractivity contribution in [3.63, 3.8) is 0 Å². The fourth-order valence-corrected chi connectivity index (χ4v) is 4.09. The van der Waals surface area contributed by atoms with Crippen molar-refractivity contribution in [1.82, 2.24) is 13.5 Å². The summed E-state index contributed by atoms with van der Waals surface area (Å²) < 4.78 is 28.0. The summed E-state index contributed by atoms with van der Waals surface area (Å²) in [5.41, 5.74) is 0. The van der Waals surface area contributed by atoms with E-state index in [9.17, 15) is 13.2 Å². The summed E-state index contributed by atoms with van der Waals surface area (Å²) >= 11 is 0. The fourth-order valence-electron chi connectivity index (χ4n) is 2.31. The van der Waals surface area contributed by atoms with Crippen LogP contribution in [0.15, 0.2) is 0 Å². The lowest BCUT2D eigenvalue weighted by Crippen LogP contribution is -2.53. The summed E-state index contributed by atoms with van der Waals surface area (Å²) in [5.74, 6) is -0.875. The molecule has 1 heterocycles. The lowest BCUT2D eigenvalue weighted by Gasteiger charge is -2.36. The molecule has 0 aromatic heterocycles. The molecule has 1 rings (SSSR count). The molecule has 0 spiro atoms. The average Bonchev–Trinajstić information content (AvgIpc) is 2.38. The lowest BCUT2D eigenvalue weighted by atomic mass is 10.3. The molecule has 0 aromatic rings.